The Morgan fingerprint density at radius 3 is 1.67 bits per heavy atom. The van der Waals surface area contributed by atoms with E-state index in [2.05, 4.69) is 233 Å². The summed E-state index contributed by atoms with van der Waals surface area (Å²) in [6.07, 6.45) is 0. The molecule has 3 aliphatic rings. The normalized spacial score (nSPS) is 14.7. The Morgan fingerprint density at radius 2 is 0.986 bits per heavy atom. The second-order valence-corrected chi connectivity index (χ2v) is 27.1. The Morgan fingerprint density at radius 1 is 0.429 bits per heavy atom. The summed E-state index contributed by atoms with van der Waals surface area (Å²) < 4.78 is 12.8. The first-order valence-corrected chi connectivity index (χ1v) is 26.3. The number of anilines is 6. The van der Waals surface area contributed by atoms with Gasteiger partial charge >= 0.3 is 0 Å². The van der Waals surface area contributed by atoms with Gasteiger partial charge in [0.2, 0.25) is 0 Å². The van der Waals surface area contributed by atoms with Gasteiger partial charge in [-0.2, -0.15) is 0 Å². The van der Waals surface area contributed by atoms with Crippen molar-refractivity contribution >= 4 is 122 Å². The number of furan rings is 1. The van der Waals surface area contributed by atoms with Crippen LogP contribution in [0.2, 0.25) is 0 Å². The summed E-state index contributed by atoms with van der Waals surface area (Å²) >= 11 is 1.89. The summed E-state index contributed by atoms with van der Waals surface area (Å²) in [7, 11) is 0. The van der Waals surface area contributed by atoms with Crippen LogP contribution in [0.25, 0.3) is 58.6 Å². The fourth-order valence-electron chi connectivity index (χ4n) is 11.9. The molecule has 0 aliphatic carbocycles. The molecule has 13 rings (SSSR count). The molecule has 0 spiro atoms. The van der Waals surface area contributed by atoms with Crippen molar-refractivity contribution in [2.75, 3.05) is 9.80 Å². The molecule has 0 saturated carbocycles. The van der Waals surface area contributed by atoms with Crippen molar-refractivity contribution in [3.8, 4) is 5.69 Å². The van der Waals surface area contributed by atoms with Gasteiger partial charge in [-0.25, -0.2) is 0 Å². The number of nitrogens with zero attached hydrogens (tertiary/aromatic N) is 3. The van der Waals surface area contributed by atoms with Crippen molar-refractivity contribution in [1.82, 2.24) is 4.57 Å². The molecule has 70 heavy (non-hydrogen) atoms. The van der Waals surface area contributed by atoms with Gasteiger partial charge in [-0.1, -0.05) is 146 Å². The second kappa shape index (κ2) is 13.8. The molecule has 0 atom stereocenters. The summed E-state index contributed by atoms with van der Waals surface area (Å²) in [6.45, 7) is 35.1. The second-order valence-electron chi connectivity index (χ2n) is 26.0. The molecule has 3 aliphatic heterocycles. The van der Waals surface area contributed by atoms with Crippen LogP contribution in [0.1, 0.15) is 132 Å². The first-order valence-electron chi connectivity index (χ1n) is 25.5. The maximum Gasteiger partial charge on any atom is 0.297 e. The van der Waals surface area contributed by atoms with Crippen LogP contribution in [0.15, 0.2) is 120 Å². The number of hydrogen-bond acceptors (Lipinski definition) is 4. The van der Waals surface area contributed by atoms with E-state index in [1.807, 2.05) is 11.3 Å². The smallest absolute Gasteiger partial charge is 0.297 e. The summed E-state index contributed by atoms with van der Waals surface area (Å²) in [5, 5.41) is 6.39. The monoisotopic (exact) mass is 933 g/mol. The first kappa shape index (κ1) is 43.8. The Labute approximate surface area is 418 Å². The van der Waals surface area contributed by atoms with E-state index in [0.717, 1.165) is 28.0 Å². The number of benzene rings is 7. The van der Waals surface area contributed by atoms with Gasteiger partial charge in [0.25, 0.3) is 6.71 Å². The Kier molecular flexibility index (Phi) is 8.62. The number of fused-ring (bicyclic) bond motifs is 14. The average Bonchev–Trinajstić information content (AvgIpc) is 3.96. The molecule has 0 radical (unpaired) electrons. The highest BCUT2D eigenvalue weighted by Crippen LogP contribution is 2.56. The molecule has 0 fully saturated rings. The van der Waals surface area contributed by atoms with E-state index in [4.69, 9.17) is 4.42 Å². The van der Waals surface area contributed by atoms with E-state index in [9.17, 15) is 0 Å². The SMILES string of the molecule is CC(C)(C)c1cc2c3c(c1)N1c4c(cc(C(C)(C)C)cc4-n4c5ccc(C(C)(C)C)cc5c5cc(C(C)(C)C)cc1c54)B3c1oc3ccc(C(C)(C)C)cc3c1N2c1ccc2c(c1)sc1ccccc12. The van der Waals surface area contributed by atoms with E-state index in [-0.39, 0.29) is 33.8 Å². The fraction of sp³-hybridized carbons (Fsp3) is 0.312. The van der Waals surface area contributed by atoms with E-state index in [0.29, 0.717) is 0 Å². The quantitative estimate of drug-likeness (QED) is 0.153. The molecule has 0 N–H and O–H groups in total. The van der Waals surface area contributed by atoms with Crippen molar-refractivity contribution in [3.63, 3.8) is 0 Å². The molecule has 0 bridgehead atoms. The van der Waals surface area contributed by atoms with Gasteiger partial charge in [0, 0.05) is 53.4 Å². The van der Waals surface area contributed by atoms with Gasteiger partial charge in [-0.3, -0.25) is 0 Å². The molecule has 10 aromatic rings. The third kappa shape index (κ3) is 6.07. The topological polar surface area (TPSA) is 24.6 Å². The first-order chi connectivity index (χ1) is 32.9. The molecule has 0 amide bonds. The zero-order valence-corrected chi connectivity index (χ0v) is 44.5. The standard InChI is InChI=1S/C64H64BN3OS/c1-60(2,3)35-20-24-47-43(26-35)44-28-37(62(7,8)9)32-50-56(44)67(47)51-33-38(63(10,11)12)29-46-58(51)68(50)49-31-39(64(13,14)15)30-48-55(49)65(46)59-57(45-27-36(61(4,5)6)21-25-52(45)69-59)66(48)40-22-23-42-41-18-16-17-19-53(41)70-54(42)34-40/h16-34H,1-15H3. The molecular formula is C64H64BN3OS. The summed E-state index contributed by atoms with van der Waals surface area (Å²) in [5.41, 5.74) is 21.7. The number of hydrogen-bond donors (Lipinski definition) is 0. The maximum atomic E-state index is 7.53. The molecule has 6 heteroatoms. The van der Waals surface area contributed by atoms with Crippen molar-refractivity contribution in [2.45, 2.75) is 131 Å². The lowest BCUT2D eigenvalue weighted by atomic mass is 9.35. The lowest BCUT2D eigenvalue weighted by molar-refractivity contribution is 0.589. The zero-order chi connectivity index (χ0) is 49.1. The van der Waals surface area contributed by atoms with Gasteiger partial charge in [-0.05, 0) is 139 Å². The minimum atomic E-state index is -0.173. The van der Waals surface area contributed by atoms with Crippen LogP contribution in [0.4, 0.5) is 34.1 Å². The van der Waals surface area contributed by atoms with Crippen molar-refractivity contribution in [3.05, 3.63) is 143 Å². The van der Waals surface area contributed by atoms with Crippen LogP contribution in [-0.2, 0) is 27.1 Å². The lowest BCUT2D eigenvalue weighted by Gasteiger charge is -2.46. The van der Waals surface area contributed by atoms with Crippen molar-refractivity contribution in [1.29, 1.82) is 0 Å². The van der Waals surface area contributed by atoms with E-state index < -0.39 is 0 Å². The Hall–Kier alpha value is -6.24. The van der Waals surface area contributed by atoms with Crippen molar-refractivity contribution in [2.24, 2.45) is 0 Å². The van der Waals surface area contributed by atoms with Gasteiger partial charge in [-0.15, -0.1) is 11.3 Å². The highest BCUT2D eigenvalue weighted by molar-refractivity contribution is 7.25. The van der Waals surface area contributed by atoms with E-state index in [1.165, 1.54) is 109 Å². The molecule has 4 nitrogen and oxygen atoms in total. The van der Waals surface area contributed by atoms with Gasteiger partial charge in [0.1, 0.15) is 5.58 Å². The van der Waals surface area contributed by atoms with E-state index >= 15 is 0 Å². The zero-order valence-electron chi connectivity index (χ0n) is 43.7. The molecule has 0 saturated heterocycles. The van der Waals surface area contributed by atoms with Gasteiger partial charge in [0.15, 0.2) is 0 Å². The van der Waals surface area contributed by atoms with Crippen LogP contribution >= 0.6 is 11.3 Å². The number of aromatic nitrogens is 1. The van der Waals surface area contributed by atoms with Gasteiger partial charge in [0.05, 0.1) is 39.4 Å². The van der Waals surface area contributed by atoms with Crippen LogP contribution in [0.5, 0.6) is 0 Å². The third-order valence-corrected chi connectivity index (χ3v) is 17.1. The fourth-order valence-corrected chi connectivity index (χ4v) is 13.1. The van der Waals surface area contributed by atoms with Crippen LogP contribution in [0, 0.1) is 0 Å². The summed E-state index contributed by atoms with van der Waals surface area (Å²) in [4.78, 5) is 5.29. The Bertz CT molecular complexity index is 3940. The van der Waals surface area contributed by atoms with E-state index in [1.54, 1.807) is 0 Å². The van der Waals surface area contributed by atoms with Crippen LogP contribution in [-0.4, -0.2) is 11.3 Å². The summed E-state index contributed by atoms with van der Waals surface area (Å²) in [6, 6.07) is 45.4. The number of thiophene rings is 1. The van der Waals surface area contributed by atoms with Crippen LogP contribution < -0.4 is 26.4 Å². The molecule has 7 aromatic carbocycles. The molecule has 6 heterocycles. The van der Waals surface area contributed by atoms with Crippen LogP contribution in [0.3, 0.4) is 0 Å². The third-order valence-electron chi connectivity index (χ3n) is 16.0. The molecule has 0 unspecified atom stereocenters. The summed E-state index contributed by atoms with van der Waals surface area (Å²) in [5.74, 6) is 0. The largest absolute Gasteiger partial charge is 0.468 e. The predicted molar refractivity (Wildman–Crippen MR) is 305 cm³/mol. The van der Waals surface area contributed by atoms with Gasteiger partial charge < -0.3 is 18.8 Å². The minimum Gasteiger partial charge on any atom is -0.468 e. The molecular weight excluding hydrogens is 870 g/mol. The molecule has 350 valence electrons. The Balaban J connectivity index is 1.22. The predicted octanol–water partition coefficient (Wildman–Crippen LogP) is 16.8. The minimum absolute atomic E-state index is 0.000818. The number of rotatable bonds is 1. The lowest BCUT2D eigenvalue weighted by Crippen LogP contribution is -2.61. The molecule has 3 aromatic heterocycles. The van der Waals surface area contributed by atoms with Crippen molar-refractivity contribution < 1.29 is 4.42 Å². The maximum absolute atomic E-state index is 7.53. The highest BCUT2D eigenvalue weighted by atomic mass is 32.1. The average molecular weight is 934 g/mol. The highest BCUT2D eigenvalue weighted by Gasteiger charge is 2.50.